The molecule has 30 heavy (non-hydrogen) atoms. The molecule has 4 rings (SSSR count). The predicted molar refractivity (Wildman–Crippen MR) is 117 cm³/mol. The molecule has 5 nitrogen and oxygen atoms in total. The van der Waals surface area contributed by atoms with Crippen molar-refractivity contribution in [2.45, 2.75) is 50.4 Å². The van der Waals surface area contributed by atoms with Crippen molar-refractivity contribution in [3.63, 3.8) is 0 Å². The van der Waals surface area contributed by atoms with Crippen molar-refractivity contribution in [2.24, 2.45) is 0 Å². The van der Waals surface area contributed by atoms with Crippen LogP contribution in [0.2, 0.25) is 5.02 Å². The maximum atomic E-state index is 11.0. The van der Waals surface area contributed by atoms with Crippen LogP contribution in [0.25, 0.3) is 0 Å². The lowest BCUT2D eigenvalue weighted by atomic mass is 9.84. The quantitative estimate of drug-likeness (QED) is 0.728. The van der Waals surface area contributed by atoms with Gasteiger partial charge in [-0.25, -0.2) is 0 Å². The van der Waals surface area contributed by atoms with Gasteiger partial charge in [0.15, 0.2) is 11.5 Å². The number of halogens is 1. The van der Waals surface area contributed by atoms with Crippen molar-refractivity contribution in [3.8, 4) is 11.5 Å². The molecule has 0 aromatic heterocycles. The molecule has 0 bridgehead atoms. The van der Waals surface area contributed by atoms with Crippen LogP contribution in [0.4, 0.5) is 0 Å². The molecule has 6 heteroatoms. The number of β-amino-alcohol motifs (C(OH)–C–C–N with tert-alkyl or cyclic N) is 1. The third-order valence-electron chi connectivity index (χ3n) is 6.00. The SMILES string of the molecule is CC1(C)Cc2cccc(OCC(O)CN3CCC(O)(c4cccc(Cl)c4)CC3)c2O1. The number of benzene rings is 2. The van der Waals surface area contributed by atoms with E-state index in [0.29, 0.717) is 43.2 Å². The van der Waals surface area contributed by atoms with E-state index in [1.54, 1.807) is 0 Å². The third kappa shape index (κ3) is 4.75. The molecule has 0 amide bonds. The van der Waals surface area contributed by atoms with Gasteiger partial charge in [0.2, 0.25) is 0 Å². The Morgan fingerprint density at radius 1 is 1.17 bits per heavy atom. The van der Waals surface area contributed by atoms with Gasteiger partial charge in [-0.1, -0.05) is 35.9 Å². The molecule has 0 spiro atoms. The average Bonchev–Trinajstić information content (AvgIpc) is 3.02. The highest BCUT2D eigenvalue weighted by molar-refractivity contribution is 6.30. The molecular formula is C24H30ClNO4. The second kappa shape index (κ2) is 8.39. The summed E-state index contributed by atoms with van der Waals surface area (Å²) < 4.78 is 11.9. The molecule has 2 aliphatic rings. The van der Waals surface area contributed by atoms with Crippen molar-refractivity contribution in [1.82, 2.24) is 4.90 Å². The second-order valence-electron chi connectivity index (χ2n) is 9.09. The Balaban J connectivity index is 1.28. The normalized spacial score (nSPS) is 21.0. The number of hydrogen-bond acceptors (Lipinski definition) is 5. The van der Waals surface area contributed by atoms with Crippen LogP contribution < -0.4 is 9.47 Å². The van der Waals surface area contributed by atoms with Crippen LogP contribution >= 0.6 is 11.6 Å². The number of piperidine rings is 1. The first-order valence-electron chi connectivity index (χ1n) is 10.6. The highest BCUT2D eigenvalue weighted by Crippen LogP contribution is 2.41. The minimum Gasteiger partial charge on any atom is -0.487 e. The molecule has 0 saturated carbocycles. The van der Waals surface area contributed by atoms with E-state index in [9.17, 15) is 10.2 Å². The average molecular weight is 432 g/mol. The van der Waals surface area contributed by atoms with Crippen LogP contribution in [0.1, 0.15) is 37.8 Å². The first kappa shape index (κ1) is 21.4. The topological polar surface area (TPSA) is 62.2 Å². The van der Waals surface area contributed by atoms with Crippen LogP contribution in [-0.4, -0.2) is 53.1 Å². The summed E-state index contributed by atoms with van der Waals surface area (Å²) in [7, 11) is 0. The number of rotatable bonds is 6. The van der Waals surface area contributed by atoms with Gasteiger partial charge in [0.05, 0.1) is 5.60 Å². The van der Waals surface area contributed by atoms with E-state index in [2.05, 4.69) is 24.8 Å². The van der Waals surface area contributed by atoms with Gasteiger partial charge >= 0.3 is 0 Å². The van der Waals surface area contributed by atoms with Crippen LogP contribution in [0, 0.1) is 0 Å². The Morgan fingerprint density at radius 3 is 2.63 bits per heavy atom. The minimum absolute atomic E-state index is 0.204. The van der Waals surface area contributed by atoms with E-state index in [-0.39, 0.29) is 12.2 Å². The molecule has 1 unspecified atom stereocenters. The lowest BCUT2D eigenvalue weighted by Crippen LogP contribution is -2.46. The molecule has 0 radical (unpaired) electrons. The number of hydrogen-bond donors (Lipinski definition) is 2. The molecule has 2 aromatic carbocycles. The number of fused-ring (bicyclic) bond motifs is 1. The molecular weight excluding hydrogens is 402 g/mol. The fourth-order valence-electron chi connectivity index (χ4n) is 4.41. The monoisotopic (exact) mass is 431 g/mol. The van der Waals surface area contributed by atoms with Gasteiger partial charge in [0, 0.05) is 36.6 Å². The number of para-hydroxylation sites is 1. The molecule has 1 atom stereocenters. The smallest absolute Gasteiger partial charge is 0.165 e. The Labute approximate surface area is 183 Å². The van der Waals surface area contributed by atoms with Crippen molar-refractivity contribution >= 4 is 11.6 Å². The summed E-state index contributed by atoms with van der Waals surface area (Å²) in [6, 6.07) is 13.4. The van der Waals surface area contributed by atoms with Gasteiger partial charge in [0.25, 0.3) is 0 Å². The zero-order valence-corrected chi connectivity index (χ0v) is 18.4. The molecule has 1 saturated heterocycles. The fourth-order valence-corrected chi connectivity index (χ4v) is 4.60. The molecule has 2 heterocycles. The zero-order chi connectivity index (χ0) is 21.4. The van der Waals surface area contributed by atoms with E-state index in [0.717, 1.165) is 23.3 Å². The summed E-state index contributed by atoms with van der Waals surface area (Å²) in [6.45, 7) is 6.25. The Morgan fingerprint density at radius 2 is 1.90 bits per heavy atom. The van der Waals surface area contributed by atoms with E-state index in [1.165, 1.54) is 0 Å². The second-order valence-corrected chi connectivity index (χ2v) is 9.53. The number of likely N-dealkylation sites (tertiary alicyclic amines) is 1. The first-order chi connectivity index (χ1) is 14.2. The van der Waals surface area contributed by atoms with Crippen molar-refractivity contribution < 1.29 is 19.7 Å². The number of nitrogens with zero attached hydrogens (tertiary/aromatic N) is 1. The summed E-state index contributed by atoms with van der Waals surface area (Å²) in [4.78, 5) is 2.17. The van der Waals surface area contributed by atoms with Crippen LogP contribution in [0.5, 0.6) is 11.5 Å². The van der Waals surface area contributed by atoms with E-state index in [1.807, 2.05) is 36.4 Å². The van der Waals surface area contributed by atoms with E-state index in [4.69, 9.17) is 21.1 Å². The minimum atomic E-state index is -0.864. The van der Waals surface area contributed by atoms with Gasteiger partial charge in [-0.05, 0) is 50.5 Å². The molecule has 2 aliphatic heterocycles. The summed E-state index contributed by atoms with van der Waals surface area (Å²) in [6.07, 6.45) is 1.45. The molecule has 1 fully saturated rings. The highest BCUT2D eigenvalue weighted by atomic mass is 35.5. The summed E-state index contributed by atoms with van der Waals surface area (Å²) in [5.74, 6) is 1.48. The van der Waals surface area contributed by atoms with Gasteiger partial charge in [-0.3, -0.25) is 0 Å². The van der Waals surface area contributed by atoms with E-state index < -0.39 is 11.7 Å². The van der Waals surface area contributed by atoms with Crippen molar-refractivity contribution in [3.05, 3.63) is 58.6 Å². The van der Waals surface area contributed by atoms with Gasteiger partial charge in [-0.2, -0.15) is 0 Å². The van der Waals surface area contributed by atoms with Crippen molar-refractivity contribution in [2.75, 3.05) is 26.2 Å². The molecule has 0 aliphatic carbocycles. The number of aliphatic hydroxyl groups excluding tert-OH is 1. The maximum absolute atomic E-state index is 11.0. The Hall–Kier alpha value is -1.79. The van der Waals surface area contributed by atoms with Crippen LogP contribution in [0.3, 0.4) is 0 Å². The van der Waals surface area contributed by atoms with E-state index >= 15 is 0 Å². The third-order valence-corrected chi connectivity index (χ3v) is 6.24. The van der Waals surface area contributed by atoms with Crippen LogP contribution in [-0.2, 0) is 12.0 Å². The lowest BCUT2D eigenvalue weighted by Gasteiger charge is -2.39. The molecule has 162 valence electrons. The molecule has 2 aromatic rings. The zero-order valence-electron chi connectivity index (χ0n) is 17.6. The molecule has 2 N–H and O–H groups in total. The highest BCUT2D eigenvalue weighted by Gasteiger charge is 2.35. The van der Waals surface area contributed by atoms with Gasteiger partial charge in [0.1, 0.15) is 18.3 Å². The standard InChI is InChI=1S/C24H30ClNO4/c1-23(2)14-17-5-3-8-21(22(17)30-23)29-16-20(27)15-26-11-9-24(28,10-12-26)18-6-4-7-19(25)13-18/h3-8,13,20,27-28H,9-12,14-16H2,1-2H3. The van der Waals surface area contributed by atoms with Gasteiger partial charge in [-0.15, -0.1) is 0 Å². The Kier molecular flexibility index (Phi) is 5.99. The largest absolute Gasteiger partial charge is 0.487 e. The predicted octanol–water partition coefficient (Wildman–Crippen LogP) is 3.78. The summed E-state index contributed by atoms with van der Waals surface area (Å²) >= 11 is 6.08. The summed E-state index contributed by atoms with van der Waals surface area (Å²) in [5, 5.41) is 22.2. The van der Waals surface area contributed by atoms with Crippen LogP contribution in [0.15, 0.2) is 42.5 Å². The van der Waals surface area contributed by atoms with Crippen molar-refractivity contribution in [1.29, 1.82) is 0 Å². The fraction of sp³-hybridized carbons (Fsp3) is 0.500. The maximum Gasteiger partial charge on any atom is 0.165 e. The number of aliphatic hydroxyl groups is 2. The lowest BCUT2D eigenvalue weighted by molar-refractivity contribution is -0.0373. The summed E-state index contributed by atoms with van der Waals surface area (Å²) in [5.41, 5.74) is 0.911. The Bertz CT molecular complexity index is 893. The first-order valence-corrected chi connectivity index (χ1v) is 10.9. The van der Waals surface area contributed by atoms with Gasteiger partial charge < -0.3 is 24.6 Å². The number of ether oxygens (including phenoxy) is 2.